The smallest absolute Gasteiger partial charge is 0.261 e. The lowest BCUT2D eigenvalue weighted by molar-refractivity contribution is -0.137. The van der Waals surface area contributed by atoms with E-state index in [4.69, 9.17) is 14.2 Å². The standard InChI is InChI=1S/C18H21NO5/c1-22-15-5-3-4-13(17(15)23-2)14-10-16(20)19(18(14)21)11-12-6-8-24-9-7-12/h3-5,10,12H,6-9,11H2,1-2H3. The predicted octanol–water partition coefficient (Wildman–Crippen LogP) is 1.88. The van der Waals surface area contributed by atoms with E-state index in [9.17, 15) is 9.59 Å². The summed E-state index contributed by atoms with van der Waals surface area (Å²) in [6.07, 6.45) is 3.13. The van der Waals surface area contributed by atoms with Crippen LogP contribution in [0.4, 0.5) is 0 Å². The molecule has 1 aromatic carbocycles. The van der Waals surface area contributed by atoms with Crippen molar-refractivity contribution in [3.8, 4) is 11.5 Å². The Kier molecular flexibility index (Phi) is 4.85. The topological polar surface area (TPSA) is 65.1 Å². The van der Waals surface area contributed by atoms with Crippen LogP contribution in [-0.4, -0.2) is 50.7 Å². The Morgan fingerprint density at radius 2 is 1.92 bits per heavy atom. The predicted molar refractivity (Wildman–Crippen MR) is 87.8 cm³/mol. The summed E-state index contributed by atoms with van der Waals surface area (Å²) in [7, 11) is 3.05. The summed E-state index contributed by atoms with van der Waals surface area (Å²) in [5, 5.41) is 0. The molecule has 0 aromatic heterocycles. The largest absolute Gasteiger partial charge is 0.493 e. The first kappa shape index (κ1) is 16.5. The molecule has 0 atom stereocenters. The lowest BCUT2D eigenvalue weighted by atomic mass is 9.99. The normalized spacial score (nSPS) is 18.8. The maximum Gasteiger partial charge on any atom is 0.261 e. The zero-order chi connectivity index (χ0) is 17.1. The Hall–Kier alpha value is -2.34. The first-order valence-corrected chi connectivity index (χ1v) is 8.02. The molecular weight excluding hydrogens is 310 g/mol. The van der Waals surface area contributed by atoms with Gasteiger partial charge in [0.1, 0.15) is 0 Å². The highest BCUT2D eigenvalue weighted by molar-refractivity contribution is 6.33. The molecule has 0 radical (unpaired) electrons. The molecule has 0 saturated carbocycles. The summed E-state index contributed by atoms with van der Waals surface area (Å²) < 4.78 is 16.0. The third-order valence-electron chi connectivity index (χ3n) is 4.48. The highest BCUT2D eigenvalue weighted by Crippen LogP contribution is 2.37. The van der Waals surface area contributed by atoms with E-state index in [-0.39, 0.29) is 11.8 Å². The van der Waals surface area contributed by atoms with Crippen LogP contribution < -0.4 is 9.47 Å². The summed E-state index contributed by atoms with van der Waals surface area (Å²) in [4.78, 5) is 26.4. The summed E-state index contributed by atoms with van der Waals surface area (Å²) >= 11 is 0. The number of rotatable bonds is 5. The summed E-state index contributed by atoms with van der Waals surface area (Å²) in [6, 6.07) is 5.29. The number of amides is 2. The van der Waals surface area contributed by atoms with Crippen molar-refractivity contribution < 1.29 is 23.8 Å². The van der Waals surface area contributed by atoms with Gasteiger partial charge in [0.2, 0.25) is 0 Å². The lowest BCUT2D eigenvalue weighted by Crippen LogP contribution is -2.37. The fourth-order valence-electron chi connectivity index (χ4n) is 3.16. The Morgan fingerprint density at radius 3 is 2.58 bits per heavy atom. The number of carbonyl (C=O) groups excluding carboxylic acids is 2. The van der Waals surface area contributed by atoms with Gasteiger partial charge < -0.3 is 14.2 Å². The van der Waals surface area contributed by atoms with Gasteiger partial charge in [-0.25, -0.2) is 0 Å². The van der Waals surface area contributed by atoms with Gasteiger partial charge in [-0.3, -0.25) is 14.5 Å². The van der Waals surface area contributed by atoms with Gasteiger partial charge in [-0.15, -0.1) is 0 Å². The fourth-order valence-corrected chi connectivity index (χ4v) is 3.16. The maximum atomic E-state index is 12.8. The van der Waals surface area contributed by atoms with Crippen LogP contribution in [0.2, 0.25) is 0 Å². The molecule has 2 aliphatic heterocycles. The molecule has 1 aromatic rings. The second-order valence-corrected chi connectivity index (χ2v) is 5.91. The lowest BCUT2D eigenvalue weighted by Gasteiger charge is -2.26. The van der Waals surface area contributed by atoms with Gasteiger partial charge in [0.25, 0.3) is 11.8 Å². The SMILES string of the molecule is COc1cccc(C2=CC(=O)N(CC3CCOCC3)C2=O)c1OC. The second kappa shape index (κ2) is 7.05. The number of para-hydroxylation sites is 1. The van der Waals surface area contributed by atoms with Crippen molar-refractivity contribution in [3.05, 3.63) is 29.8 Å². The highest BCUT2D eigenvalue weighted by atomic mass is 16.5. The molecule has 1 saturated heterocycles. The molecule has 6 nitrogen and oxygen atoms in total. The van der Waals surface area contributed by atoms with Gasteiger partial charge in [0.05, 0.1) is 19.8 Å². The zero-order valence-corrected chi connectivity index (χ0v) is 13.9. The number of imide groups is 1. The quantitative estimate of drug-likeness (QED) is 0.771. The molecule has 128 valence electrons. The zero-order valence-electron chi connectivity index (χ0n) is 13.9. The molecule has 0 unspecified atom stereocenters. The van der Waals surface area contributed by atoms with Crippen LogP contribution in [0, 0.1) is 5.92 Å². The summed E-state index contributed by atoms with van der Waals surface area (Å²) in [5.74, 6) is 0.732. The van der Waals surface area contributed by atoms with Crippen LogP contribution in [-0.2, 0) is 14.3 Å². The minimum atomic E-state index is -0.280. The first-order valence-electron chi connectivity index (χ1n) is 8.02. The van der Waals surface area contributed by atoms with Crippen molar-refractivity contribution in [2.75, 3.05) is 34.0 Å². The van der Waals surface area contributed by atoms with Crippen LogP contribution in [0.3, 0.4) is 0 Å². The van der Waals surface area contributed by atoms with Gasteiger partial charge in [-0.2, -0.15) is 0 Å². The Morgan fingerprint density at radius 1 is 1.17 bits per heavy atom. The van der Waals surface area contributed by atoms with Gasteiger partial charge in [-0.05, 0) is 24.8 Å². The monoisotopic (exact) mass is 331 g/mol. The van der Waals surface area contributed by atoms with E-state index in [1.54, 1.807) is 18.2 Å². The van der Waals surface area contributed by atoms with E-state index in [2.05, 4.69) is 0 Å². The number of hydrogen-bond donors (Lipinski definition) is 0. The molecular formula is C18H21NO5. The van der Waals surface area contributed by atoms with Gasteiger partial charge >= 0.3 is 0 Å². The molecule has 6 heteroatoms. The average molecular weight is 331 g/mol. The van der Waals surface area contributed by atoms with Crippen LogP contribution in [0.25, 0.3) is 5.57 Å². The minimum Gasteiger partial charge on any atom is -0.493 e. The second-order valence-electron chi connectivity index (χ2n) is 5.91. The van der Waals surface area contributed by atoms with Gasteiger partial charge in [-0.1, -0.05) is 12.1 Å². The number of nitrogens with zero attached hydrogens (tertiary/aromatic N) is 1. The molecule has 0 N–H and O–H groups in total. The number of ether oxygens (including phenoxy) is 3. The summed E-state index contributed by atoms with van der Waals surface area (Å²) in [6.45, 7) is 1.81. The number of benzene rings is 1. The third-order valence-corrected chi connectivity index (χ3v) is 4.48. The average Bonchev–Trinajstić information content (AvgIpc) is 2.90. The number of hydrogen-bond acceptors (Lipinski definition) is 5. The molecule has 0 bridgehead atoms. The molecule has 2 amide bonds. The molecule has 2 aliphatic rings. The molecule has 0 aliphatic carbocycles. The minimum absolute atomic E-state index is 0.272. The molecule has 0 spiro atoms. The van der Waals surface area contributed by atoms with Crippen LogP contribution in [0.1, 0.15) is 18.4 Å². The van der Waals surface area contributed by atoms with Gasteiger partial charge in [0.15, 0.2) is 11.5 Å². The van der Waals surface area contributed by atoms with Crippen LogP contribution in [0.15, 0.2) is 24.3 Å². The van der Waals surface area contributed by atoms with Crippen molar-refractivity contribution in [2.45, 2.75) is 12.8 Å². The van der Waals surface area contributed by atoms with Gasteiger partial charge in [0, 0.05) is 31.4 Å². The third kappa shape index (κ3) is 3.01. The Bertz CT molecular complexity index is 676. The van der Waals surface area contributed by atoms with Crippen molar-refractivity contribution in [1.29, 1.82) is 0 Å². The molecule has 24 heavy (non-hydrogen) atoms. The van der Waals surface area contributed by atoms with E-state index in [0.29, 0.717) is 48.3 Å². The van der Waals surface area contributed by atoms with Crippen molar-refractivity contribution in [1.82, 2.24) is 4.90 Å². The fraction of sp³-hybridized carbons (Fsp3) is 0.444. The van der Waals surface area contributed by atoms with E-state index in [1.807, 2.05) is 0 Å². The summed E-state index contributed by atoms with van der Waals surface area (Å²) in [5.41, 5.74) is 0.924. The van der Waals surface area contributed by atoms with Crippen molar-refractivity contribution in [3.63, 3.8) is 0 Å². The van der Waals surface area contributed by atoms with E-state index >= 15 is 0 Å². The van der Waals surface area contributed by atoms with Crippen LogP contribution >= 0.6 is 0 Å². The van der Waals surface area contributed by atoms with Crippen molar-refractivity contribution in [2.24, 2.45) is 5.92 Å². The molecule has 2 heterocycles. The molecule has 1 fully saturated rings. The highest BCUT2D eigenvalue weighted by Gasteiger charge is 2.35. The Labute approximate surface area is 141 Å². The van der Waals surface area contributed by atoms with Crippen molar-refractivity contribution >= 4 is 17.4 Å². The van der Waals surface area contributed by atoms with Crippen LogP contribution in [0.5, 0.6) is 11.5 Å². The van der Waals surface area contributed by atoms with E-state index < -0.39 is 0 Å². The molecule has 3 rings (SSSR count). The van der Waals surface area contributed by atoms with E-state index in [1.165, 1.54) is 25.2 Å². The number of carbonyl (C=O) groups is 2. The van der Waals surface area contributed by atoms with E-state index in [0.717, 1.165) is 12.8 Å². The number of methoxy groups -OCH3 is 2. The maximum absolute atomic E-state index is 12.8. The Balaban J connectivity index is 1.84. The first-order chi connectivity index (χ1) is 11.7.